The summed E-state index contributed by atoms with van der Waals surface area (Å²) in [4.78, 5) is 48.5. The zero-order valence-electron chi connectivity index (χ0n) is 20.4. The summed E-state index contributed by atoms with van der Waals surface area (Å²) in [5.74, 6) is -4.10. The molecular formula is C26H31ClN2O7. The average molecular weight is 519 g/mol. The molecule has 36 heavy (non-hydrogen) atoms. The Labute approximate surface area is 215 Å². The van der Waals surface area contributed by atoms with Crippen molar-refractivity contribution in [1.82, 2.24) is 4.90 Å². The second-order valence-corrected chi connectivity index (χ2v) is 8.62. The van der Waals surface area contributed by atoms with Crippen molar-refractivity contribution in [1.29, 1.82) is 0 Å². The molecule has 0 aliphatic carbocycles. The van der Waals surface area contributed by atoms with Gasteiger partial charge in [-0.1, -0.05) is 54.9 Å². The lowest BCUT2D eigenvalue weighted by Gasteiger charge is -2.46. The number of piperidine rings is 1. The summed E-state index contributed by atoms with van der Waals surface area (Å²) in [5, 5.41) is 15.3. The van der Waals surface area contributed by atoms with Gasteiger partial charge in [-0.3, -0.25) is 14.6 Å². The number of carboxylic acids is 2. The van der Waals surface area contributed by atoms with Crippen molar-refractivity contribution < 1.29 is 34.1 Å². The summed E-state index contributed by atoms with van der Waals surface area (Å²) in [6.45, 7) is 6.09. The highest BCUT2D eigenvalue weighted by Crippen LogP contribution is 2.36. The predicted molar refractivity (Wildman–Crippen MR) is 135 cm³/mol. The molecule has 2 aromatic carbocycles. The summed E-state index contributed by atoms with van der Waals surface area (Å²) in [6, 6.07) is 17.4. The first-order chi connectivity index (χ1) is 17.1. The number of carbonyl (C=O) groups is 4. The van der Waals surface area contributed by atoms with Crippen LogP contribution in [0.1, 0.15) is 38.7 Å². The monoisotopic (exact) mass is 518 g/mol. The predicted octanol–water partition coefficient (Wildman–Crippen LogP) is 3.84. The van der Waals surface area contributed by atoms with Gasteiger partial charge in [0.1, 0.15) is 5.54 Å². The van der Waals surface area contributed by atoms with E-state index in [0.29, 0.717) is 43.1 Å². The SMILES string of the molecule is CCOC(=O)C1(N(C(=O)CC)c2cccc(Cl)c2)CCN(Cc2ccccc2)CC1.O=C(O)C(=O)O. The van der Waals surface area contributed by atoms with E-state index < -0.39 is 17.5 Å². The summed E-state index contributed by atoms with van der Waals surface area (Å²) in [7, 11) is 0. The highest BCUT2D eigenvalue weighted by molar-refractivity contribution is 6.31. The summed E-state index contributed by atoms with van der Waals surface area (Å²) in [6.07, 6.45) is 1.31. The molecule has 2 N–H and O–H groups in total. The minimum absolute atomic E-state index is 0.109. The van der Waals surface area contributed by atoms with Crippen molar-refractivity contribution in [3.05, 3.63) is 65.2 Å². The normalized spacial score (nSPS) is 14.6. The molecule has 0 bridgehead atoms. The van der Waals surface area contributed by atoms with Crippen LogP contribution in [0.15, 0.2) is 54.6 Å². The standard InChI is InChI=1S/C24H29ClN2O3.C2H2O4/c1-3-22(28)27(21-12-8-11-20(25)17-21)24(23(29)30-4-2)13-15-26(16-14-24)18-19-9-6-5-7-10-19;3-1(4)2(5)6/h5-12,17H,3-4,13-16,18H2,1-2H3;(H,3,4)(H,5,6). The Morgan fingerprint density at radius 3 is 2.08 bits per heavy atom. The largest absolute Gasteiger partial charge is 0.473 e. The molecule has 194 valence electrons. The third kappa shape index (κ3) is 7.53. The van der Waals surface area contributed by atoms with Gasteiger partial charge in [0.15, 0.2) is 0 Å². The van der Waals surface area contributed by atoms with Gasteiger partial charge in [-0.05, 0) is 43.5 Å². The molecule has 0 atom stereocenters. The zero-order valence-corrected chi connectivity index (χ0v) is 21.1. The topological polar surface area (TPSA) is 124 Å². The maximum atomic E-state index is 13.2. The van der Waals surface area contributed by atoms with Gasteiger partial charge < -0.3 is 14.9 Å². The second kappa shape index (κ2) is 13.6. The van der Waals surface area contributed by atoms with E-state index in [1.807, 2.05) is 31.2 Å². The molecule has 0 spiro atoms. The first-order valence-electron chi connectivity index (χ1n) is 11.6. The van der Waals surface area contributed by atoms with Crippen LogP contribution >= 0.6 is 11.6 Å². The van der Waals surface area contributed by atoms with Crippen molar-refractivity contribution in [2.24, 2.45) is 0 Å². The average Bonchev–Trinajstić information content (AvgIpc) is 2.86. The molecule has 0 aromatic heterocycles. The van der Waals surface area contributed by atoms with E-state index in [2.05, 4.69) is 17.0 Å². The first kappa shape index (κ1) is 28.8. The Balaban J connectivity index is 0.000000678. The fraction of sp³-hybridized carbons (Fsp3) is 0.385. The molecule has 0 unspecified atom stereocenters. The van der Waals surface area contributed by atoms with E-state index in [-0.39, 0.29) is 18.5 Å². The number of hydrogen-bond donors (Lipinski definition) is 2. The zero-order chi connectivity index (χ0) is 26.7. The van der Waals surface area contributed by atoms with Crippen molar-refractivity contribution in [3.8, 4) is 0 Å². The van der Waals surface area contributed by atoms with Gasteiger partial charge in [-0.25, -0.2) is 14.4 Å². The fourth-order valence-electron chi connectivity index (χ4n) is 4.11. The van der Waals surface area contributed by atoms with Crippen LogP contribution in [0.5, 0.6) is 0 Å². The van der Waals surface area contributed by atoms with Gasteiger partial charge >= 0.3 is 17.9 Å². The van der Waals surface area contributed by atoms with Crippen LogP contribution < -0.4 is 4.90 Å². The molecule has 9 nitrogen and oxygen atoms in total. The number of hydrogen-bond acceptors (Lipinski definition) is 6. The number of carboxylic acid groups (broad SMARTS) is 2. The Morgan fingerprint density at radius 2 is 1.58 bits per heavy atom. The lowest BCUT2D eigenvalue weighted by Crippen LogP contribution is -2.62. The minimum Gasteiger partial charge on any atom is -0.473 e. The molecule has 1 aliphatic heterocycles. The number of carbonyl (C=O) groups excluding carboxylic acids is 2. The highest BCUT2D eigenvalue weighted by atomic mass is 35.5. The van der Waals surface area contributed by atoms with Crippen molar-refractivity contribution in [2.45, 2.75) is 45.2 Å². The molecular weight excluding hydrogens is 488 g/mol. The van der Waals surface area contributed by atoms with Gasteiger partial charge in [-0.2, -0.15) is 0 Å². The number of aliphatic carboxylic acids is 2. The molecule has 0 saturated carbocycles. The molecule has 1 aliphatic rings. The maximum absolute atomic E-state index is 13.2. The molecule has 1 saturated heterocycles. The van der Waals surface area contributed by atoms with Crippen LogP contribution in [-0.2, 0) is 30.5 Å². The Hall–Kier alpha value is -3.43. The Kier molecular flexibility index (Phi) is 10.9. The molecule has 1 fully saturated rings. The number of benzene rings is 2. The number of amides is 1. The van der Waals surface area contributed by atoms with Crippen LogP contribution in [-0.4, -0.2) is 64.2 Å². The molecule has 0 radical (unpaired) electrons. The summed E-state index contributed by atoms with van der Waals surface area (Å²) in [5.41, 5.74) is 0.845. The number of rotatable bonds is 7. The quantitative estimate of drug-likeness (QED) is 0.418. The van der Waals surface area contributed by atoms with Gasteiger partial charge in [0.25, 0.3) is 0 Å². The van der Waals surface area contributed by atoms with E-state index in [0.717, 1.165) is 6.54 Å². The van der Waals surface area contributed by atoms with E-state index in [1.54, 1.807) is 30.0 Å². The van der Waals surface area contributed by atoms with E-state index >= 15 is 0 Å². The van der Waals surface area contributed by atoms with Crippen molar-refractivity contribution >= 4 is 41.1 Å². The third-order valence-corrected chi connectivity index (χ3v) is 6.05. The van der Waals surface area contributed by atoms with Crippen molar-refractivity contribution in [2.75, 3.05) is 24.6 Å². The number of esters is 1. The van der Waals surface area contributed by atoms with Gasteiger partial charge in [0.2, 0.25) is 5.91 Å². The Morgan fingerprint density at radius 1 is 0.972 bits per heavy atom. The number of anilines is 1. The number of halogens is 1. The van der Waals surface area contributed by atoms with Crippen LogP contribution in [0.3, 0.4) is 0 Å². The van der Waals surface area contributed by atoms with E-state index in [4.69, 9.17) is 36.1 Å². The number of likely N-dealkylation sites (tertiary alicyclic amines) is 1. The second-order valence-electron chi connectivity index (χ2n) is 8.19. The number of ether oxygens (including phenoxy) is 1. The van der Waals surface area contributed by atoms with Gasteiger partial charge in [-0.15, -0.1) is 0 Å². The van der Waals surface area contributed by atoms with Gasteiger partial charge in [0, 0.05) is 36.8 Å². The first-order valence-corrected chi connectivity index (χ1v) is 12.0. The Bertz CT molecular complexity index is 1040. The minimum atomic E-state index is -1.82. The smallest absolute Gasteiger partial charge is 0.414 e. The van der Waals surface area contributed by atoms with Crippen molar-refractivity contribution in [3.63, 3.8) is 0 Å². The molecule has 1 amide bonds. The molecule has 2 aromatic rings. The maximum Gasteiger partial charge on any atom is 0.414 e. The van der Waals surface area contributed by atoms with E-state index in [1.165, 1.54) is 5.56 Å². The lowest BCUT2D eigenvalue weighted by atomic mass is 9.84. The summed E-state index contributed by atoms with van der Waals surface area (Å²) >= 11 is 6.21. The van der Waals surface area contributed by atoms with Crippen LogP contribution in [0, 0.1) is 0 Å². The van der Waals surface area contributed by atoms with E-state index in [9.17, 15) is 9.59 Å². The fourth-order valence-corrected chi connectivity index (χ4v) is 4.29. The van der Waals surface area contributed by atoms with Crippen LogP contribution in [0.2, 0.25) is 5.02 Å². The highest BCUT2D eigenvalue weighted by Gasteiger charge is 2.50. The van der Waals surface area contributed by atoms with Gasteiger partial charge in [0.05, 0.1) is 6.61 Å². The number of nitrogens with zero attached hydrogens (tertiary/aromatic N) is 2. The lowest BCUT2D eigenvalue weighted by molar-refractivity contribution is -0.159. The molecule has 10 heteroatoms. The van der Waals surface area contributed by atoms with Crippen LogP contribution in [0.4, 0.5) is 5.69 Å². The third-order valence-electron chi connectivity index (χ3n) is 5.82. The molecule has 3 rings (SSSR count). The summed E-state index contributed by atoms with van der Waals surface area (Å²) < 4.78 is 5.48. The molecule has 1 heterocycles. The van der Waals surface area contributed by atoms with Crippen LogP contribution in [0.25, 0.3) is 0 Å².